The lowest BCUT2D eigenvalue weighted by atomic mass is 10.2. The Morgan fingerprint density at radius 1 is 1.20 bits per heavy atom. The Labute approximate surface area is 95.1 Å². The number of rotatable bonds is 4. The largest absolute Gasteiger partial charge is 0.519 e. The van der Waals surface area contributed by atoms with Crippen molar-refractivity contribution < 1.29 is 9.16 Å². The molecule has 0 heterocycles. The molecule has 0 rings (SSSR count). The maximum absolute atomic E-state index is 5.98. The van der Waals surface area contributed by atoms with E-state index in [-0.39, 0.29) is 5.04 Å². The number of methoxy groups -OCH3 is 1. The highest BCUT2D eigenvalue weighted by Gasteiger charge is 2.39. The minimum atomic E-state index is -1.77. The van der Waals surface area contributed by atoms with Crippen LogP contribution in [-0.4, -0.2) is 15.4 Å². The summed E-state index contributed by atoms with van der Waals surface area (Å²) in [5, 5.41) is 0.195. The van der Waals surface area contributed by atoms with Crippen LogP contribution in [0.15, 0.2) is 24.2 Å². The highest BCUT2D eigenvalue weighted by atomic mass is 28.4. The monoisotopic (exact) mass is 228 g/mol. The molecule has 0 radical (unpaired) electrons. The van der Waals surface area contributed by atoms with Crippen LogP contribution in [0.25, 0.3) is 0 Å². The van der Waals surface area contributed by atoms with Gasteiger partial charge in [-0.05, 0) is 25.1 Å². The first-order valence-corrected chi connectivity index (χ1v) is 8.21. The summed E-state index contributed by atoms with van der Waals surface area (Å²) in [4.78, 5) is 0. The predicted molar refractivity (Wildman–Crippen MR) is 68.2 cm³/mol. The molecule has 0 aliphatic heterocycles. The second-order valence-electron chi connectivity index (χ2n) is 5.08. The summed E-state index contributed by atoms with van der Waals surface area (Å²) >= 11 is 0. The van der Waals surface area contributed by atoms with E-state index >= 15 is 0 Å². The summed E-state index contributed by atoms with van der Waals surface area (Å²) in [5.74, 6) is 0.611. The van der Waals surface area contributed by atoms with Gasteiger partial charge in [0.15, 0.2) is 0 Å². The second kappa shape index (κ2) is 5.40. The Morgan fingerprint density at radius 2 is 1.73 bits per heavy atom. The molecule has 0 amide bonds. The topological polar surface area (TPSA) is 18.5 Å². The summed E-state index contributed by atoms with van der Waals surface area (Å²) < 4.78 is 11.2. The maximum Gasteiger partial charge on any atom is 0.264 e. The quantitative estimate of drug-likeness (QED) is 0.410. The van der Waals surface area contributed by atoms with Gasteiger partial charge in [-0.15, -0.1) is 0 Å². The molecule has 0 saturated carbocycles. The zero-order chi connectivity index (χ0) is 12.1. The minimum absolute atomic E-state index is 0.195. The van der Waals surface area contributed by atoms with Gasteiger partial charge in [-0.25, -0.2) is 0 Å². The van der Waals surface area contributed by atoms with Gasteiger partial charge in [0.2, 0.25) is 0 Å². The molecule has 0 aliphatic rings. The number of hydrogen-bond acceptors (Lipinski definition) is 2. The third-order valence-corrected chi connectivity index (χ3v) is 7.11. The van der Waals surface area contributed by atoms with Crippen molar-refractivity contribution in [3.8, 4) is 0 Å². The normalized spacial score (nSPS) is 14.5. The summed E-state index contributed by atoms with van der Waals surface area (Å²) in [6.45, 7) is 13.0. The van der Waals surface area contributed by atoms with Gasteiger partial charge in [0.25, 0.3) is 14.3 Å². The van der Waals surface area contributed by atoms with Gasteiger partial charge >= 0.3 is 0 Å². The van der Waals surface area contributed by atoms with Crippen molar-refractivity contribution in [2.24, 2.45) is 0 Å². The molecular formula is C12H24O2Si. The van der Waals surface area contributed by atoms with E-state index in [0.29, 0.717) is 5.95 Å². The SMILES string of the molecule is C/C=C/C=C(\OC)O[Si](C)(C)C(C)(C)C. The number of hydrogen-bond donors (Lipinski definition) is 0. The Hall–Kier alpha value is -0.703. The molecule has 0 saturated heterocycles. The molecule has 0 unspecified atom stereocenters. The molecule has 0 aromatic carbocycles. The van der Waals surface area contributed by atoms with Gasteiger partial charge in [0.05, 0.1) is 7.11 Å². The summed E-state index contributed by atoms with van der Waals surface area (Å²) in [7, 11) is -0.125. The van der Waals surface area contributed by atoms with Crippen molar-refractivity contribution >= 4 is 8.32 Å². The Bertz CT molecular complexity index is 247. The lowest BCUT2D eigenvalue weighted by Crippen LogP contribution is -2.40. The molecule has 0 fully saturated rings. The lowest BCUT2D eigenvalue weighted by molar-refractivity contribution is 0.141. The van der Waals surface area contributed by atoms with Crippen LogP contribution in [0.1, 0.15) is 27.7 Å². The first-order valence-electron chi connectivity index (χ1n) is 5.30. The van der Waals surface area contributed by atoms with Crippen LogP contribution in [0.3, 0.4) is 0 Å². The Morgan fingerprint density at radius 3 is 2.07 bits per heavy atom. The van der Waals surface area contributed by atoms with E-state index in [2.05, 4.69) is 33.9 Å². The molecule has 0 aromatic heterocycles. The molecule has 2 nitrogen and oxygen atoms in total. The van der Waals surface area contributed by atoms with Crippen LogP contribution in [0.5, 0.6) is 0 Å². The van der Waals surface area contributed by atoms with Crippen LogP contribution in [0.2, 0.25) is 18.1 Å². The fourth-order valence-corrected chi connectivity index (χ4v) is 1.68. The van der Waals surface area contributed by atoms with E-state index < -0.39 is 8.32 Å². The molecule has 3 heteroatoms. The van der Waals surface area contributed by atoms with Gasteiger partial charge < -0.3 is 9.16 Å². The van der Waals surface area contributed by atoms with Crippen molar-refractivity contribution in [1.29, 1.82) is 0 Å². The van der Waals surface area contributed by atoms with E-state index in [0.717, 1.165) is 0 Å². The molecule has 15 heavy (non-hydrogen) atoms. The third kappa shape index (κ3) is 4.56. The first-order chi connectivity index (χ1) is 6.74. The Kier molecular flexibility index (Phi) is 5.15. The van der Waals surface area contributed by atoms with E-state index in [1.807, 2.05) is 25.2 Å². The second-order valence-corrected chi connectivity index (χ2v) is 9.80. The fraction of sp³-hybridized carbons (Fsp3) is 0.667. The fourth-order valence-electron chi connectivity index (χ4n) is 0.723. The van der Waals surface area contributed by atoms with Crippen LogP contribution < -0.4 is 0 Å². The maximum atomic E-state index is 5.98. The van der Waals surface area contributed by atoms with Crippen LogP contribution >= 0.6 is 0 Å². The summed E-state index contributed by atoms with van der Waals surface area (Å²) in [6.07, 6.45) is 5.74. The van der Waals surface area contributed by atoms with E-state index in [1.165, 1.54) is 0 Å². The standard InChI is InChI=1S/C12H24O2Si/c1-8-9-10-11(13-5)14-15(6,7)12(2,3)4/h8-10H,1-7H3/b9-8+,11-10+. The molecule has 0 N–H and O–H groups in total. The van der Waals surface area contributed by atoms with Crippen molar-refractivity contribution in [2.75, 3.05) is 7.11 Å². The molecule has 0 bridgehead atoms. The number of allylic oxidation sites excluding steroid dienone is 3. The van der Waals surface area contributed by atoms with Crippen molar-refractivity contribution in [1.82, 2.24) is 0 Å². The zero-order valence-corrected chi connectivity index (χ0v) is 12.0. The summed E-state index contributed by atoms with van der Waals surface area (Å²) in [6, 6.07) is 0. The zero-order valence-electron chi connectivity index (χ0n) is 11.0. The molecular weight excluding hydrogens is 204 g/mol. The predicted octanol–water partition coefficient (Wildman–Crippen LogP) is 4.07. The minimum Gasteiger partial charge on any atom is -0.519 e. The van der Waals surface area contributed by atoms with E-state index in [9.17, 15) is 0 Å². The third-order valence-electron chi connectivity index (χ3n) is 2.79. The van der Waals surface area contributed by atoms with Crippen molar-refractivity contribution in [3.05, 3.63) is 24.2 Å². The van der Waals surface area contributed by atoms with Crippen molar-refractivity contribution in [2.45, 2.75) is 45.8 Å². The van der Waals surface area contributed by atoms with E-state index in [4.69, 9.17) is 9.16 Å². The molecule has 0 aromatic rings. The van der Waals surface area contributed by atoms with Crippen LogP contribution in [0.4, 0.5) is 0 Å². The average Bonchev–Trinajstić information content (AvgIpc) is 2.10. The van der Waals surface area contributed by atoms with Crippen LogP contribution in [0, 0.1) is 0 Å². The van der Waals surface area contributed by atoms with Gasteiger partial charge in [-0.2, -0.15) is 0 Å². The molecule has 88 valence electrons. The Balaban J connectivity index is 4.69. The highest BCUT2D eigenvalue weighted by molar-refractivity contribution is 6.74. The first kappa shape index (κ1) is 14.3. The summed E-state index contributed by atoms with van der Waals surface area (Å²) in [5.41, 5.74) is 0. The van der Waals surface area contributed by atoms with Crippen molar-refractivity contribution in [3.63, 3.8) is 0 Å². The van der Waals surface area contributed by atoms with Gasteiger partial charge in [-0.1, -0.05) is 32.9 Å². The van der Waals surface area contributed by atoms with Gasteiger partial charge in [-0.3, -0.25) is 0 Å². The van der Waals surface area contributed by atoms with Gasteiger partial charge in [0, 0.05) is 6.08 Å². The molecule has 0 aliphatic carbocycles. The molecule has 0 spiro atoms. The lowest BCUT2D eigenvalue weighted by Gasteiger charge is -2.36. The molecule has 0 atom stereocenters. The highest BCUT2D eigenvalue weighted by Crippen LogP contribution is 2.37. The van der Waals surface area contributed by atoms with E-state index in [1.54, 1.807) is 7.11 Å². The average molecular weight is 228 g/mol. The van der Waals surface area contributed by atoms with Crippen LogP contribution in [-0.2, 0) is 9.16 Å². The van der Waals surface area contributed by atoms with Gasteiger partial charge in [0.1, 0.15) is 0 Å². The smallest absolute Gasteiger partial charge is 0.264 e. The number of ether oxygens (including phenoxy) is 1.